The molecule has 0 spiro atoms. The fraction of sp³-hybridized carbons (Fsp3) is 0.583. The van der Waals surface area contributed by atoms with Crippen molar-refractivity contribution in [3.05, 3.63) is 23.9 Å². The number of hydrogen-bond acceptors (Lipinski definition) is 3. The smallest absolute Gasteiger partial charge is 0.128 e. The summed E-state index contributed by atoms with van der Waals surface area (Å²) in [6.45, 7) is 6.40. The van der Waals surface area contributed by atoms with Crippen LogP contribution in [0.4, 0.5) is 5.82 Å². The number of nitrogens with one attached hydrogen (secondary N) is 1. The molecule has 15 heavy (non-hydrogen) atoms. The van der Waals surface area contributed by atoms with Gasteiger partial charge < -0.3 is 10.2 Å². The summed E-state index contributed by atoms with van der Waals surface area (Å²) in [6.07, 6.45) is 1.86. The largest absolute Gasteiger partial charge is 0.359 e. The van der Waals surface area contributed by atoms with Crippen LogP contribution in [0.5, 0.6) is 0 Å². The Morgan fingerprint density at radius 2 is 2.27 bits per heavy atom. The van der Waals surface area contributed by atoms with Crippen LogP contribution >= 0.6 is 0 Å². The van der Waals surface area contributed by atoms with E-state index < -0.39 is 0 Å². The van der Waals surface area contributed by atoms with Crippen molar-refractivity contribution in [3.8, 4) is 0 Å². The van der Waals surface area contributed by atoms with Gasteiger partial charge in [0.25, 0.3) is 0 Å². The molecule has 1 aromatic heterocycles. The van der Waals surface area contributed by atoms with Gasteiger partial charge in [-0.05, 0) is 44.1 Å². The molecule has 0 bridgehead atoms. The van der Waals surface area contributed by atoms with Gasteiger partial charge in [0.1, 0.15) is 5.82 Å². The summed E-state index contributed by atoms with van der Waals surface area (Å²) >= 11 is 0. The fourth-order valence-corrected chi connectivity index (χ4v) is 1.70. The molecule has 1 rings (SSSR count). The van der Waals surface area contributed by atoms with E-state index in [9.17, 15) is 0 Å². The monoisotopic (exact) mass is 207 g/mol. The third kappa shape index (κ3) is 3.88. The molecule has 1 unspecified atom stereocenters. The molecule has 1 N–H and O–H groups in total. The second kappa shape index (κ2) is 5.71. The molecule has 1 aromatic rings. The second-order valence-corrected chi connectivity index (χ2v) is 4.23. The van der Waals surface area contributed by atoms with E-state index in [0.29, 0.717) is 5.92 Å². The molecule has 84 valence electrons. The Morgan fingerprint density at radius 3 is 2.87 bits per heavy atom. The highest BCUT2D eigenvalue weighted by Crippen LogP contribution is 2.11. The van der Waals surface area contributed by atoms with Crippen LogP contribution in [0, 0.1) is 12.8 Å². The fourth-order valence-electron chi connectivity index (χ4n) is 1.70. The van der Waals surface area contributed by atoms with Crippen molar-refractivity contribution in [3.63, 3.8) is 0 Å². The lowest BCUT2D eigenvalue weighted by Gasteiger charge is -2.22. The number of rotatable bonds is 5. The number of pyridine rings is 1. The Balaban J connectivity index is 2.56. The molecule has 0 aliphatic carbocycles. The van der Waals surface area contributed by atoms with E-state index in [1.807, 2.05) is 19.3 Å². The van der Waals surface area contributed by atoms with Gasteiger partial charge in [-0.2, -0.15) is 0 Å². The van der Waals surface area contributed by atoms with Crippen molar-refractivity contribution in [2.24, 2.45) is 5.92 Å². The molecule has 0 saturated carbocycles. The maximum absolute atomic E-state index is 4.36. The predicted molar refractivity (Wildman–Crippen MR) is 65.3 cm³/mol. The van der Waals surface area contributed by atoms with E-state index in [-0.39, 0.29) is 0 Å². The van der Waals surface area contributed by atoms with Crippen molar-refractivity contribution in [1.29, 1.82) is 0 Å². The molecule has 3 heteroatoms. The highest BCUT2D eigenvalue weighted by Gasteiger charge is 2.07. The lowest BCUT2D eigenvalue weighted by Crippen LogP contribution is -2.30. The minimum Gasteiger partial charge on any atom is -0.359 e. The van der Waals surface area contributed by atoms with Gasteiger partial charge in [0.05, 0.1) is 0 Å². The second-order valence-electron chi connectivity index (χ2n) is 4.23. The summed E-state index contributed by atoms with van der Waals surface area (Å²) in [7, 11) is 4.08. The molecule has 0 aromatic carbocycles. The SMILES string of the molecule is CNCC(C)CN(C)c1cc(C)ccn1. The maximum atomic E-state index is 4.36. The van der Waals surface area contributed by atoms with Crippen molar-refractivity contribution in [1.82, 2.24) is 10.3 Å². The van der Waals surface area contributed by atoms with Crippen LogP contribution < -0.4 is 10.2 Å². The number of aromatic nitrogens is 1. The van der Waals surface area contributed by atoms with Crippen molar-refractivity contribution in [2.45, 2.75) is 13.8 Å². The molecule has 3 nitrogen and oxygen atoms in total. The van der Waals surface area contributed by atoms with Crippen molar-refractivity contribution < 1.29 is 0 Å². The van der Waals surface area contributed by atoms with E-state index in [0.717, 1.165) is 18.9 Å². The minimum atomic E-state index is 0.627. The first kappa shape index (κ1) is 12.0. The van der Waals surface area contributed by atoms with Crippen molar-refractivity contribution in [2.75, 3.05) is 32.1 Å². The topological polar surface area (TPSA) is 28.2 Å². The molecule has 1 heterocycles. The first-order chi connectivity index (χ1) is 7.13. The van der Waals surface area contributed by atoms with Gasteiger partial charge in [-0.1, -0.05) is 6.92 Å². The first-order valence-electron chi connectivity index (χ1n) is 5.42. The van der Waals surface area contributed by atoms with Crippen LogP contribution in [0.2, 0.25) is 0 Å². The summed E-state index contributed by atoms with van der Waals surface area (Å²) in [4.78, 5) is 6.56. The maximum Gasteiger partial charge on any atom is 0.128 e. The lowest BCUT2D eigenvalue weighted by molar-refractivity contribution is 0.541. The van der Waals surface area contributed by atoms with Gasteiger partial charge in [-0.15, -0.1) is 0 Å². The molecular formula is C12H21N3. The first-order valence-corrected chi connectivity index (χ1v) is 5.42. The predicted octanol–water partition coefficient (Wildman–Crippen LogP) is 1.68. The third-order valence-electron chi connectivity index (χ3n) is 2.43. The van der Waals surface area contributed by atoms with E-state index in [2.05, 4.69) is 42.2 Å². The molecule has 0 amide bonds. The van der Waals surface area contributed by atoms with Crippen molar-refractivity contribution >= 4 is 5.82 Å². The van der Waals surface area contributed by atoms with Crippen LogP contribution in [0.15, 0.2) is 18.3 Å². The summed E-state index contributed by atoms with van der Waals surface area (Å²) in [5.41, 5.74) is 1.26. The molecule has 1 atom stereocenters. The summed E-state index contributed by atoms with van der Waals surface area (Å²) < 4.78 is 0. The van der Waals surface area contributed by atoms with Crippen LogP contribution in [0.25, 0.3) is 0 Å². The van der Waals surface area contributed by atoms with E-state index >= 15 is 0 Å². The summed E-state index contributed by atoms with van der Waals surface area (Å²) in [5, 5.41) is 3.19. The van der Waals surface area contributed by atoms with Crippen LogP contribution in [0.3, 0.4) is 0 Å². The average molecular weight is 207 g/mol. The summed E-state index contributed by atoms with van der Waals surface area (Å²) in [6, 6.07) is 4.14. The quantitative estimate of drug-likeness (QED) is 0.796. The van der Waals surface area contributed by atoms with E-state index in [1.165, 1.54) is 5.56 Å². The zero-order chi connectivity index (χ0) is 11.3. The number of aryl methyl sites for hydroxylation is 1. The average Bonchev–Trinajstić information content (AvgIpc) is 2.18. The van der Waals surface area contributed by atoms with E-state index in [1.54, 1.807) is 0 Å². The van der Waals surface area contributed by atoms with Crippen LogP contribution in [0.1, 0.15) is 12.5 Å². The van der Waals surface area contributed by atoms with Gasteiger partial charge in [-0.25, -0.2) is 4.98 Å². The van der Waals surface area contributed by atoms with Gasteiger partial charge in [-0.3, -0.25) is 0 Å². The number of hydrogen-bond donors (Lipinski definition) is 1. The number of nitrogens with zero attached hydrogens (tertiary/aromatic N) is 2. The van der Waals surface area contributed by atoms with Crippen LogP contribution in [-0.2, 0) is 0 Å². The summed E-state index contributed by atoms with van der Waals surface area (Å²) in [5.74, 6) is 1.68. The van der Waals surface area contributed by atoms with Gasteiger partial charge in [0, 0.05) is 19.8 Å². The number of anilines is 1. The molecule has 0 fully saturated rings. The van der Waals surface area contributed by atoms with Gasteiger partial charge >= 0.3 is 0 Å². The normalized spacial score (nSPS) is 12.5. The van der Waals surface area contributed by atoms with Crippen LogP contribution in [-0.4, -0.2) is 32.2 Å². The van der Waals surface area contributed by atoms with Gasteiger partial charge in [0.2, 0.25) is 0 Å². The highest BCUT2D eigenvalue weighted by molar-refractivity contribution is 5.39. The van der Waals surface area contributed by atoms with E-state index in [4.69, 9.17) is 0 Å². The molecule has 0 radical (unpaired) electrons. The molecule has 0 aliphatic rings. The zero-order valence-corrected chi connectivity index (χ0v) is 10.1. The highest BCUT2D eigenvalue weighted by atomic mass is 15.2. The standard InChI is InChI=1S/C12H21N3/c1-10-5-6-14-12(7-10)15(4)9-11(2)8-13-3/h5-7,11,13H,8-9H2,1-4H3. The zero-order valence-electron chi connectivity index (χ0n) is 10.1. The Labute approximate surface area is 92.5 Å². The Morgan fingerprint density at radius 1 is 1.53 bits per heavy atom. The Kier molecular flexibility index (Phi) is 4.56. The lowest BCUT2D eigenvalue weighted by atomic mass is 10.1. The Hall–Kier alpha value is -1.09. The minimum absolute atomic E-state index is 0.627. The molecule has 0 aliphatic heterocycles. The molecule has 0 saturated heterocycles. The van der Waals surface area contributed by atoms with Gasteiger partial charge in [0.15, 0.2) is 0 Å². The Bertz CT molecular complexity index is 299. The third-order valence-corrected chi connectivity index (χ3v) is 2.43. The molecular weight excluding hydrogens is 186 g/mol.